The minimum Gasteiger partial charge on any atom is -0.491 e. The fourth-order valence-corrected chi connectivity index (χ4v) is 2.30. The molecule has 0 bridgehead atoms. The Labute approximate surface area is 114 Å². The van der Waals surface area contributed by atoms with Crippen LogP contribution in [-0.2, 0) is 4.74 Å². The Morgan fingerprint density at radius 3 is 2.84 bits per heavy atom. The Kier molecular flexibility index (Phi) is 4.77. The van der Waals surface area contributed by atoms with Gasteiger partial charge in [0.1, 0.15) is 18.2 Å². The number of hydrogen-bond acceptors (Lipinski definition) is 3. The van der Waals surface area contributed by atoms with Crippen LogP contribution >= 0.6 is 0 Å². The van der Waals surface area contributed by atoms with Crippen molar-refractivity contribution in [2.24, 2.45) is 0 Å². The number of benzene rings is 1. The van der Waals surface area contributed by atoms with Gasteiger partial charge >= 0.3 is 0 Å². The fraction of sp³-hybridized carbons (Fsp3) is 0.600. The van der Waals surface area contributed by atoms with E-state index in [2.05, 4.69) is 12.2 Å². The molecule has 1 saturated heterocycles. The second-order valence-corrected chi connectivity index (χ2v) is 5.15. The Balaban J connectivity index is 1.92. The summed E-state index contributed by atoms with van der Waals surface area (Å²) in [5.74, 6) is 0.327. The predicted molar refractivity (Wildman–Crippen MR) is 72.9 cm³/mol. The molecule has 0 aliphatic carbocycles. The van der Waals surface area contributed by atoms with Gasteiger partial charge in [-0.1, -0.05) is 6.07 Å². The fourth-order valence-electron chi connectivity index (χ4n) is 2.30. The minimum atomic E-state index is -0.236. The molecule has 4 heteroatoms. The standard InChI is InChI=1S/C15H22FNO2/c1-10-4-5-13(19-10)9-18-12-6-7-14(11(2)17-3)15(16)8-12/h6-8,10-11,13,17H,4-5,9H2,1-3H3. The summed E-state index contributed by atoms with van der Waals surface area (Å²) in [6.07, 6.45) is 2.53. The van der Waals surface area contributed by atoms with Gasteiger partial charge in [0.2, 0.25) is 0 Å². The quantitative estimate of drug-likeness (QED) is 0.889. The normalized spacial score (nSPS) is 24.4. The molecule has 3 nitrogen and oxygen atoms in total. The van der Waals surface area contributed by atoms with Gasteiger partial charge in [0.15, 0.2) is 0 Å². The predicted octanol–water partition coefficient (Wildman–Crippen LogP) is 3.05. The number of ether oxygens (including phenoxy) is 2. The largest absolute Gasteiger partial charge is 0.491 e. The van der Waals surface area contributed by atoms with Crippen LogP contribution in [0, 0.1) is 5.82 Å². The maximum atomic E-state index is 13.9. The van der Waals surface area contributed by atoms with Crippen molar-refractivity contribution in [1.82, 2.24) is 5.32 Å². The van der Waals surface area contributed by atoms with Crippen LogP contribution in [0.4, 0.5) is 4.39 Å². The summed E-state index contributed by atoms with van der Waals surface area (Å²) >= 11 is 0. The highest BCUT2D eigenvalue weighted by Gasteiger charge is 2.22. The number of halogens is 1. The molecule has 3 unspecified atom stereocenters. The number of hydrogen-bond donors (Lipinski definition) is 1. The van der Waals surface area contributed by atoms with Crippen molar-refractivity contribution in [3.05, 3.63) is 29.6 Å². The average Bonchev–Trinajstić information content (AvgIpc) is 2.81. The van der Waals surface area contributed by atoms with E-state index >= 15 is 0 Å². The molecule has 0 radical (unpaired) electrons. The summed E-state index contributed by atoms with van der Waals surface area (Å²) in [6, 6.07) is 5.02. The zero-order valence-corrected chi connectivity index (χ0v) is 11.8. The first-order valence-electron chi connectivity index (χ1n) is 6.85. The maximum Gasteiger partial charge on any atom is 0.131 e. The third-order valence-corrected chi connectivity index (χ3v) is 3.63. The van der Waals surface area contributed by atoms with E-state index < -0.39 is 0 Å². The highest BCUT2D eigenvalue weighted by molar-refractivity contribution is 5.30. The first kappa shape index (κ1) is 14.3. The van der Waals surface area contributed by atoms with Crippen LogP contribution in [0.2, 0.25) is 0 Å². The van der Waals surface area contributed by atoms with Gasteiger partial charge in [0.05, 0.1) is 12.2 Å². The molecule has 1 aliphatic heterocycles. The molecule has 0 saturated carbocycles. The smallest absolute Gasteiger partial charge is 0.131 e. The molecular formula is C15H22FNO2. The molecule has 1 aliphatic rings. The molecule has 1 aromatic rings. The Morgan fingerprint density at radius 1 is 1.47 bits per heavy atom. The van der Waals surface area contributed by atoms with Crippen LogP contribution in [0.1, 0.15) is 38.3 Å². The van der Waals surface area contributed by atoms with Crippen molar-refractivity contribution in [2.45, 2.75) is 44.9 Å². The lowest BCUT2D eigenvalue weighted by atomic mass is 10.1. The summed E-state index contributed by atoms with van der Waals surface area (Å²) in [7, 11) is 1.81. The van der Waals surface area contributed by atoms with Crippen LogP contribution in [0.3, 0.4) is 0 Å². The van der Waals surface area contributed by atoms with Crippen molar-refractivity contribution < 1.29 is 13.9 Å². The molecule has 3 atom stereocenters. The Morgan fingerprint density at radius 2 is 2.26 bits per heavy atom. The van der Waals surface area contributed by atoms with Gasteiger partial charge in [-0.05, 0) is 39.8 Å². The van der Waals surface area contributed by atoms with E-state index in [0.29, 0.717) is 24.0 Å². The molecule has 0 aromatic heterocycles. The van der Waals surface area contributed by atoms with E-state index in [1.165, 1.54) is 6.07 Å². The molecule has 0 spiro atoms. The zero-order valence-electron chi connectivity index (χ0n) is 11.8. The summed E-state index contributed by atoms with van der Waals surface area (Å²) in [5, 5.41) is 3.02. The summed E-state index contributed by atoms with van der Waals surface area (Å²) in [4.78, 5) is 0. The van der Waals surface area contributed by atoms with E-state index in [-0.39, 0.29) is 18.0 Å². The molecule has 1 heterocycles. The number of rotatable bonds is 5. The molecule has 19 heavy (non-hydrogen) atoms. The van der Waals surface area contributed by atoms with E-state index in [9.17, 15) is 4.39 Å². The highest BCUT2D eigenvalue weighted by Crippen LogP contribution is 2.23. The van der Waals surface area contributed by atoms with E-state index in [1.807, 2.05) is 20.0 Å². The third-order valence-electron chi connectivity index (χ3n) is 3.63. The molecule has 1 aromatic carbocycles. The topological polar surface area (TPSA) is 30.5 Å². The highest BCUT2D eigenvalue weighted by atomic mass is 19.1. The van der Waals surface area contributed by atoms with Crippen LogP contribution in [-0.4, -0.2) is 25.9 Å². The molecule has 2 rings (SSSR count). The summed E-state index contributed by atoms with van der Waals surface area (Å²) in [5.41, 5.74) is 0.653. The van der Waals surface area contributed by atoms with Gasteiger partial charge in [-0.25, -0.2) is 4.39 Å². The molecule has 1 fully saturated rings. The summed E-state index contributed by atoms with van der Waals surface area (Å²) in [6.45, 7) is 4.48. The van der Waals surface area contributed by atoms with Crippen LogP contribution < -0.4 is 10.1 Å². The lowest BCUT2D eigenvalue weighted by Gasteiger charge is -2.15. The van der Waals surface area contributed by atoms with Gasteiger partial charge in [-0.3, -0.25) is 0 Å². The van der Waals surface area contributed by atoms with E-state index in [1.54, 1.807) is 6.07 Å². The second kappa shape index (κ2) is 6.35. The lowest BCUT2D eigenvalue weighted by molar-refractivity contribution is 0.0264. The van der Waals surface area contributed by atoms with Crippen molar-refractivity contribution >= 4 is 0 Å². The molecule has 106 valence electrons. The van der Waals surface area contributed by atoms with Crippen LogP contribution in [0.5, 0.6) is 5.75 Å². The Bertz CT molecular complexity index is 425. The monoisotopic (exact) mass is 267 g/mol. The van der Waals surface area contributed by atoms with Crippen molar-refractivity contribution in [1.29, 1.82) is 0 Å². The molecule has 1 N–H and O–H groups in total. The SMILES string of the molecule is CNC(C)c1ccc(OCC2CCC(C)O2)cc1F. The second-order valence-electron chi connectivity index (χ2n) is 5.15. The van der Waals surface area contributed by atoms with E-state index in [0.717, 1.165) is 12.8 Å². The minimum absolute atomic E-state index is 0.00642. The van der Waals surface area contributed by atoms with Crippen molar-refractivity contribution in [3.8, 4) is 5.75 Å². The van der Waals surface area contributed by atoms with Crippen molar-refractivity contribution in [2.75, 3.05) is 13.7 Å². The molecular weight excluding hydrogens is 245 g/mol. The van der Waals surface area contributed by atoms with Crippen molar-refractivity contribution in [3.63, 3.8) is 0 Å². The molecule has 0 amide bonds. The zero-order chi connectivity index (χ0) is 13.8. The third kappa shape index (κ3) is 3.67. The van der Waals surface area contributed by atoms with Gasteiger partial charge < -0.3 is 14.8 Å². The van der Waals surface area contributed by atoms with Crippen LogP contribution in [0.15, 0.2) is 18.2 Å². The summed E-state index contributed by atoms with van der Waals surface area (Å²) < 4.78 is 25.2. The Hall–Kier alpha value is -1.13. The average molecular weight is 267 g/mol. The maximum absolute atomic E-state index is 13.9. The van der Waals surface area contributed by atoms with Gasteiger partial charge in [0.25, 0.3) is 0 Å². The lowest BCUT2D eigenvalue weighted by Crippen LogP contribution is -2.18. The van der Waals surface area contributed by atoms with Gasteiger partial charge in [-0.15, -0.1) is 0 Å². The number of nitrogens with one attached hydrogen (secondary N) is 1. The van der Waals surface area contributed by atoms with Crippen LogP contribution in [0.25, 0.3) is 0 Å². The van der Waals surface area contributed by atoms with E-state index in [4.69, 9.17) is 9.47 Å². The first-order valence-corrected chi connectivity index (χ1v) is 6.85. The van der Waals surface area contributed by atoms with Gasteiger partial charge in [0, 0.05) is 17.7 Å². The van der Waals surface area contributed by atoms with Gasteiger partial charge in [-0.2, -0.15) is 0 Å². The first-order chi connectivity index (χ1) is 9.10.